The number of nitrogens with two attached hydrogens (primary N) is 1. The van der Waals surface area contributed by atoms with Crippen molar-refractivity contribution in [3.63, 3.8) is 0 Å². The molecule has 3 aromatic rings. The minimum Gasteiger partial charge on any atom is -0.478 e. The number of carbonyl (C=O) groups is 2. The maximum Gasteiger partial charge on any atom is 0.335 e. The molecule has 4 N–H and O–H groups in total. The molecule has 1 amide bonds. The van der Waals surface area contributed by atoms with Crippen LogP contribution in [0.1, 0.15) is 52.7 Å². The van der Waals surface area contributed by atoms with E-state index >= 15 is 0 Å². The van der Waals surface area contributed by atoms with Gasteiger partial charge < -0.3 is 10.4 Å². The fraction of sp³-hybridized carbons (Fsp3) is 0.333. The highest BCUT2D eigenvalue weighted by Gasteiger charge is 2.62. The van der Waals surface area contributed by atoms with Crippen molar-refractivity contribution in [1.82, 2.24) is 10.2 Å². The predicted molar refractivity (Wildman–Crippen MR) is 146 cm³/mol. The summed E-state index contributed by atoms with van der Waals surface area (Å²) in [6, 6.07) is 19.9. The Morgan fingerprint density at radius 3 is 2.38 bits per heavy atom. The largest absolute Gasteiger partial charge is 0.478 e. The lowest BCUT2D eigenvalue weighted by Crippen LogP contribution is -2.59. The van der Waals surface area contributed by atoms with E-state index in [0.29, 0.717) is 12.5 Å². The summed E-state index contributed by atoms with van der Waals surface area (Å²) < 4.78 is 23.5. The number of amides is 1. The highest BCUT2D eigenvalue weighted by Crippen LogP contribution is 2.53. The Kier molecular flexibility index (Phi) is 5.94. The van der Waals surface area contributed by atoms with Crippen molar-refractivity contribution in [2.75, 3.05) is 6.54 Å². The fourth-order valence-corrected chi connectivity index (χ4v) is 6.98. The third kappa shape index (κ3) is 4.54. The number of sulfonamides is 1. The van der Waals surface area contributed by atoms with Crippen molar-refractivity contribution >= 4 is 21.9 Å². The molecule has 0 spiro atoms. The summed E-state index contributed by atoms with van der Waals surface area (Å²) in [4.78, 5) is 27.4. The summed E-state index contributed by atoms with van der Waals surface area (Å²) in [7, 11) is -3.76. The number of hydrogen-bond donors (Lipinski definition) is 3. The van der Waals surface area contributed by atoms with Gasteiger partial charge in [-0.05, 0) is 96.7 Å². The van der Waals surface area contributed by atoms with Crippen molar-refractivity contribution in [2.24, 2.45) is 11.1 Å². The van der Waals surface area contributed by atoms with Crippen molar-refractivity contribution < 1.29 is 23.1 Å². The molecule has 3 aromatic carbocycles. The van der Waals surface area contributed by atoms with Crippen LogP contribution in [0.2, 0.25) is 0 Å². The van der Waals surface area contributed by atoms with Crippen LogP contribution in [0.25, 0.3) is 11.1 Å². The Morgan fingerprint density at radius 1 is 1.05 bits per heavy atom. The first kappa shape index (κ1) is 25.7. The van der Waals surface area contributed by atoms with Gasteiger partial charge in [-0.2, -0.15) is 0 Å². The zero-order valence-corrected chi connectivity index (χ0v) is 22.5. The summed E-state index contributed by atoms with van der Waals surface area (Å²) >= 11 is 0. The van der Waals surface area contributed by atoms with E-state index in [9.17, 15) is 23.1 Å². The number of nitrogens with zero attached hydrogens (tertiary/aromatic N) is 1. The second-order valence-electron chi connectivity index (χ2n) is 11.3. The second kappa shape index (κ2) is 9.01. The van der Waals surface area contributed by atoms with Gasteiger partial charge >= 0.3 is 5.97 Å². The molecular weight excluding hydrogens is 514 g/mol. The van der Waals surface area contributed by atoms with Crippen molar-refractivity contribution in [3.8, 4) is 11.1 Å². The number of nitrogens with one attached hydrogen (secondary N) is 1. The van der Waals surface area contributed by atoms with Crippen LogP contribution in [0.5, 0.6) is 0 Å². The lowest BCUT2D eigenvalue weighted by molar-refractivity contribution is -0.136. The third-order valence-corrected chi connectivity index (χ3v) is 9.60. The van der Waals surface area contributed by atoms with Gasteiger partial charge in [-0.25, -0.2) is 18.4 Å². The Morgan fingerprint density at radius 2 is 1.77 bits per heavy atom. The van der Waals surface area contributed by atoms with Gasteiger partial charge in [0.1, 0.15) is 5.54 Å². The molecule has 7 rings (SSSR count). The van der Waals surface area contributed by atoms with Gasteiger partial charge in [-0.15, -0.1) is 0 Å². The minimum absolute atomic E-state index is 0.0571. The first-order chi connectivity index (χ1) is 18.5. The van der Waals surface area contributed by atoms with Crippen LogP contribution in [-0.2, 0) is 26.9 Å². The summed E-state index contributed by atoms with van der Waals surface area (Å²) in [6.45, 7) is 3.39. The topological polar surface area (TPSA) is 130 Å². The van der Waals surface area contributed by atoms with Crippen LogP contribution in [0, 0.1) is 12.8 Å². The Labute approximate surface area is 227 Å². The van der Waals surface area contributed by atoms with Crippen molar-refractivity contribution in [1.29, 1.82) is 0 Å². The van der Waals surface area contributed by atoms with Crippen LogP contribution in [0.15, 0.2) is 71.6 Å². The number of carboxylic acids is 1. The number of hydrogen-bond acceptors (Lipinski definition) is 5. The van der Waals surface area contributed by atoms with Gasteiger partial charge in [0, 0.05) is 13.1 Å². The number of aromatic carboxylic acids is 1. The molecule has 9 heteroatoms. The minimum atomic E-state index is -3.76. The molecule has 2 saturated carbocycles. The van der Waals surface area contributed by atoms with E-state index in [4.69, 9.17) is 5.14 Å². The number of carboxylic acid groups (broad SMARTS) is 1. The molecule has 2 aliphatic carbocycles. The molecule has 0 atom stereocenters. The molecule has 2 bridgehead atoms. The lowest BCUT2D eigenvalue weighted by atomic mass is 9.72. The van der Waals surface area contributed by atoms with E-state index in [-0.39, 0.29) is 16.4 Å². The molecule has 2 aliphatic heterocycles. The van der Waals surface area contributed by atoms with Gasteiger partial charge in [-0.3, -0.25) is 9.69 Å². The number of rotatable bonds is 8. The molecule has 8 nitrogen and oxygen atoms in total. The van der Waals surface area contributed by atoms with Crippen LogP contribution < -0.4 is 10.5 Å². The van der Waals surface area contributed by atoms with E-state index in [1.165, 1.54) is 6.07 Å². The van der Waals surface area contributed by atoms with E-state index in [2.05, 4.69) is 22.3 Å². The van der Waals surface area contributed by atoms with Crippen molar-refractivity contribution in [3.05, 3.63) is 89.0 Å². The predicted octanol–water partition coefficient (Wildman–Crippen LogP) is 3.78. The first-order valence-corrected chi connectivity index (χ1v) is 14.7. The van der Waals surface area contributed by atoms with Crippen molar-refractivity contribution in [2.45, 2.75) is 55.1 Å². The van der Waals surface area contributed by atoms with Crippen LogP contribution in [-0.4, -0.2) is 42.4 Å². The quantitative estimate of drug-likeness (QED) is 0.395. The van der Waals surface area contributed by atoms with Gasteiger partial charge in [0.05, 0.1) is 16.0 Å². The summed E-state index contributed by atoms with van der Waals surface area (Å²) in [5.74, 6) is -0.394. The molecule has 2 heterocycles. The molecular formula is C30H31N3O5S. The van der Waals surface area contributed by atoms with E-state index in [0.717, 1.165) is 60.0 Å². The highest BCUT2D eigenvalue weighted by molar-refractivity contribution is 7.89. The summed E-state index contributed by atoms with van der Waals surface area (Å²) in [5, 5.41) is 17.8. The molecule has 0 unspecified atom stereocenters. The molecule has 2 saturated heterocycles. The maximum absolute atomic E-state index is 13.7. The van der Waals surface area contributed by atoms with E-state index < -0.39 is 27.1 Å². The fourth-order valence-electron chi connectivity index (χ4n) is 6.38. The molecule has 0 aromatic heterocycles. The SMILES string of the molecule is Cc1cc(S(N)(=O)=O)ccc1-c1cccc(CN2CC3CC2(C(=O)NC2(c4ccc(C(=O)O)cc4)CC2)C3)c1. The van der Waals surface area contributed by atoms with Crippen LogP contribution in [0.4, 0.5) is 0 Å². The van der Waals surface area contributed by atoms with Gasteiger partial charge in [0.25, 0.3) is 0 Å². The standard InChI is InChI=1S/C30H31N3O5S/c1-19-13-25(39(31,37)38)9-10-26(19)23-4-2-3-20(14-23)17-33-18-21-15-30(33,16-21)28(36)32-29(11-12-29)24-7-5-22(6-8-24)27(34)35/h2-10,13-14,21H,11-12,15-18H2,1H3,(H,32,36)(H,34,35)(H2,31,37,38). The average molecular weight is 546 g/mol. The van der Waals surface area contributed by atoms with Gasteiger partial charge in [0.2, 0.25) is 15.9 Å². The van der Waals surface area contributed by atoms with Crippen LogP contribution in [0.3, 0.4) is 0 Å². The maximum atomic E-state index is 13.7. The highest BCUT2D eigenvalue weighted by atomic mass is 32.2. The second-order valence-corrected chi connectivity index (χ2v) is 12.9. The Balaban J connectivity index is 1.19. The molecule has 4 aliphatic rings. The smallest absolute Gasteiger partial charge is 0.335 e. The van der Waals surface area contributed by atoms with Gasteiger partial charge in [0.15, 0.2) is 0 Å². The molecule has 39 heavy (non-hydrogen) atoms. The van der Waals surface area contributed by atoms with Crippen LogP contribution >= 0.6 is 0 Å². The monoisotopic (exact) mass is 545 g/mol. The third-order valence-electron chi connectivity index (χ3n) is 8.68. The molecule has 202 valence electrons. The normalized spacial score (nSPS) is 23.2. The summed E-state index contributed by atoms with van der Waals surface area (Å²) in [5.41, 5.74) is 4.09. The zero-order valence-electron chi connectivity index (χ0n) is 21.7. The number of fused-ring (bicyclic) bond motifs is 1. The Hall–Kier alpha value is -3.53. The number of benzene rings is 3. The van der Waals surface area contributed by atoms with E-state index in [1.54, 1.807) is 24.3 Å². The summed E-state index contributed by atoms with van der Waals surface area (Å²) in [6.07, 6.45) is 3.38. The average Bonchev–Trinajstić information content (AvgIpc) is 3.44. The number of primary sulfonamides is 1. The number of aryl methyl sites for hydroxylation is 1. The lowest BCUT2D eigenvalue weighted by Gasteiger charge is -2.42. The first-order valence-electron chi connectivity index (χ1n) is 13.1. The Bertz CT molecular complexity index is 1590. The number of carbonyl (C=O) groups excluding carboxylic acids is 1. The van der Waals surface area contributed by atoms with Gasteiger partial charge in [-0.1, -0.05) is 36.4 Å². The zero-order chi connectivity index (χ0) is 27.6. The van der Waals surface area contributed by atoms with E-state index in [1.807, 2.05) is 31.2 Å². The molecule has 0 radical (unpaired) electrons. The molecule has 4 fully saturated rings.